The molecule has 3 aromatic rings. The van der Waals surface area contributed by atoms with Crippen LogP contribution in [0.5, 0.6) is 5.75 Å². The van der Waals surface area contributed by atoms with E-state index in [1.54, 1.807) is 37.4 Å². The van der Waals surface area contributed by atoms with Crippen LogP contribution < -0.4 is 10.1 Å². The third-order valence-electron chi connectivity index (χ3n) is 3.62. The molecule has 0 radical (unpaired) electrons. The average molecular weight is 399 g/mol. The van der Waals surface area contributed by atoms with E-state index in [2.05, 4.69) is 20.3 Å². The third-order valence-corrected chi connectivity index (χ3v) is 4.44. The van der Waals surface area contributed by atoms with Crippen LogP contribution in [0.1, 0.15) is 10.4 Å². The largest absolute Gasteiger partial charge is 0.497 e. The molecule has 1 aromatic heterocycles. The predicted octanol–water partition coefficient (Wildman–Crippen LogP) is 3.26. The lowest BCUT2D eigenvalue weighted by molar-refractivity contribution is -0.113. The molecule has 8 nitrogen and oxygen atoms in total. The molecule has 0 unspecified atom stereocenters. The van der Waals surface area contributed by atoms with Crippen molar-refractivity contribution in [2.24, 2.45) is 0 Å². The Bertz CT molecular complexity index is 989. The number of amides is 1. The lowest BCUT2D eigenvalue weighted by Gasteiger charge is -2.05. The van der Waals surface area contributed by atoms with Gasteiger partial charge in [-0.3, -0.25) is 4.79 Å². The summed E-state index contributed by atoms with van der Waals surface area (Å²) in [5.41, 5.74) is 1.58. The Morgan fingerprint density at radius 2 is 1.93 bits per heavy atom. The van der Waals surface area contributed by atoms with E-state index in [9.17, 15) is 9.59 Å². The minimum Gasteiger partial charge on any atom is -0.497 e. The molecule has 0 bridgehead atoms. The van der Waals surface area contributed by atoms with E-state index in [1.165, 1.54) is 7.11 Å². The molecule has 0 saturated carbocycles. The maximum Gasteiger partial charge on any atom is 0.337 e. The first-order chi connectivity index (χ1) is 13.6. The fourth-order valence-electron chi connectivity index (χ4n) is 2.31. The lowest BCUT2D eigenvalue weighted by atomic mass is 10.2. The Morgan fingerprint density at radius 1 is 1.11 bits per heavy atom. The van der Waals surface area contributed by atoms with E-state index in [0.717, 1.165) is 17.3 Å². The topological polar surface area (TPSA) is 104 Å². The maximum atomic E-state index is 12.1. The van der Waals surface area contributed by atoms with Crippen molar-refractivity contribution in [1.29, 1.82) is 0 Å². The van der Waals surface area contributed by atoms with Crippen molar-refractivity contribution in [3.05, 3.63) is 54.1 Å². The molecule has 9 heteroatoms. The molecule has 0 saturated heterocycles. The number of nitrogens with zero attached hydrogens (tertiary/aromatic N) is 2. The molecular formula is C19H17N3O5S. The molecule has 0 fully saturated rings. The van der Waals surface area contributed by atoms with Crippen LogP contribution in [0.25, 0.3) is 11.5 Å². The summed E-state index contributed by atoms with van der Waals surface area (Å²) in [5, 5.41) is 10.9. The molecule has 1 amide bonds. The summed E-state index contributed by atoms with van der Waals surface area (Å²) in [6.45, 7) is 0. The van der Waals surface area contributed by atoms with Crippen LogP contribution >= 0.6 is 11.8 Å². The number of hydrogen-bond acceptors (Lipinski definition) is 8. The van der Waals surface area contributed by atoms with Crippen molar-refractivity contribution < 1.29 is 23.5 Å². The number of thioether (sulfide) groups is 1. The van der Waals surface area contributed by atoms with Gasteiger partial charge in [0, 0.05) is 11.3 Å². The molecule has 28 heavy (non-hydrogen) atoms. The Labute approximate surface area is 165 Å². The third kappa shape index (κ3) is 4.89. The summed E-state index contributed by atoms with van der Waals surface area (Å²) in [6.07, 6.45) is 0. The summed E-state index contributed by atoms with van der Waals surface area (Å²) in [6, 6.07) is 13.7. The Balaban J connectivity index is 1.58. The van der Waals surface area contributed by atoms with Crippen LogP contribution in [0, 0.1) is 0 Å². The van der Waals surface area contributed by atoms with Gasteiger partial charge in [0.05, 0.1) is 25.5 Å². The van der Waals surface area contributed by atoms with Crippen molar-refractivity contribution in [3.63, 3.8) is 0 Å². The first kappa shape index (κ1) is 19.4. The fourth-order valence-corrected chi connectivity index (χ4v) is 2.87. The number of rotatable bonds is 7. The zero-order valence-corrected chi connectivity index (χ0v) is 16.0. The minimum absolute atomic E-state index is 0.0716. The summed E-state index contributed by atoms with van der Waals surface area (Å²) >= 11 is 1.11. The Hall–Kier alpha value is -3.33. The predicted molar refractivity (Wildman–Crippen MR) is 103 cm³/mol. The Morgan fingerprint density at radius 3 is 2.71 bits per heavy atom. The van der Waals surface area contributed by atoms with Gasteiger partial charge in [-0.25, -0.2) is 4.79 Å². The number of benzene rings is 2. The van der Waals surface area contributed by atoms with Gasteiger partial charge < -0.3 is 19.2 Å². The molecule has 0 aliphatic heterocycles. The molecular weight excluding hydrogens is 382 g/mol. The highest BCUT2D eigenvalue weighted by molar-refractivity contribution is 7.99. The number of esters is 1. The standard InChI is InChI=1S/C19H17N3O5S/c1-25-15-8-4-5-12(10-15)17-21-22-19(27-17)28-11-16(23)20-14-7-3-6-13(9-14)18(24)26-2/h3-10H,11H2,1-2H3,(H,20,23). The summed E-state index contributed by atoms with van der Waals surface area (Å²) in [4.78, 5) is 23.7. The minimum atomic E-state index is -0.471. The van der Waals surface area contributed by atoms with E-state index in [0.29, 0.717) is 22.9 Å². The van der Waals surface area contributed by atoms with E-state index in [1.807, 2.05) is 18.2 Å². The Kier molecular flexibility index (Phi) is 6.28. The van der Waals surface area contributed by atoms with Gasteiger partial charge in [-0.15, -0.1) is 10.2 Å². The van der Waals surface area contributed by atoms with Gasteiger partial charge in [-0.1, -0.05) is 23.9 Å². The second kappa shape index (κ2) is 9.05. The number of carbonyl (C=O) groups excluding carboxylic acids is 2. The normalized spacial score (nSPS) is 10.4. The fraction of sp³-hybridized carbons (Fsp3) is 0.158. The van der Waals surface area contributed by atoms with Crippen LogP contribution in [0.4, 0.5) is 5.69 Å². The number of aromatic nitrogens is 2. The summed E-state index contributed by atoms with van der Waals surface area (Å²) < 4.78 is 15.4. The van der Waals surface area contributed by atoms with Crippen molar-refractivity contribution in [3.8, 4) is 17.2 Å². The zero-order valence-electron chi connectivity index (χ0n) is 15.2. The molecule has 0 spiro atoms. The molecule has 3 rings (SSSR count). The van der Waals surface area contributed by atoms with Crippen LogP contribution in [0.3, 0.4) is 0 Å². The number of anilines is 1. The van der Waals surface area contributed by atoms with Crippen molar-refractivity contribution >= 4 is 29.3 Å². The quantitative estimate of drug-likeness (QED) is 0.477. The van der Waals surface area contributed by atoms with Gasteiger partial charge in [0.2, 0.25) is 11.8 Å². The van der Waals surface area contributed by atoms with Gasteiger partial charge in [-0.2, -0.15) is 0 Å². The number of carbonyl (C=O) groups is 2. The molecule has 2 aromatic carbocycles. The van der Waals surface area contributed by atoms with Gasteiger partial charge in [0.15, 0.2) is 0 Å². The number of nitrogens with one attached hydrogen (secondary N) is 1. The van der Waals surface area contributed by atoms with E-state index < -0.39 is 5.97 Å². The summed E-state index contributed by atoms with van der Waals surface area (Å²) in [7, 11) is 2.88. The van der Waals surface area contributed by atoms with Crippen LogP contribution in [0.15, 0.2) is 58.2 Å². The second-order valence-corrected chi connectivity index (χ2v) is 6.44. The zero-order chi connectivity index (χ0) is 19.9. The average Bonchev–Trinajstić information content (AvgIpc) is 3.21. The molecule has 0 aliphatic rings. The van der Waals surface area contributed by atoms with E-state index in [-0.39, 0.29) is 16.9 Å². The second-order valence-electron chi connectivity index (χ2n) is 5.51. The lowest BCUT2D eigenvalue weighted by Crippen LogP contribution is -2.14. The van der Waals surface area contributed by atoms with Crippen LogP contribution in [0.2, 0.25) is 0 Å². The maximum absolute atomic E-state index is 12.1. The highest BCUT2D eigenvalue weighted by Gasteiger charge is 2.13. The number of hydrogen-bond donors (Lipinski definition) is 1. The van der Waals surface area contributed by atoms with Gasteiger partial charge in [0.25, 0.3) is 5.22 Å². The highest BCUT2D eigenvalue weighted by atomic mass is 32.2. The first-order valence-corrected chi connectivity index (χ1v) is 9.16. The smallest absolute Gasteiger partial charge is 0.337 e. The molecule has 144 valence electrons. The SMILES string of the molecule is COC(=O)c1cccc(NC(=O)CSc2nnc(-c3cccc(OC)c3)o2)c1. The first-order valence-electron chi connectivity index (χ1n) is 8.18. The van der Waals surface area contributed by atoms with Crippen molar-refractivity contribution in [2.75, 3.05) is 25.3 Å². The van der Waals surface area contributed by atoms with Crippen molar-refractivity contribution in [2.45, 2.75) is 5.22 Å². The van der Waals surface area contributed by atoms with E-state index in [4.69, 9.17) is 9.15 Å². The molecule has 1 heterocycles. The van der Waals surface area contributed by atoms with Gasteiger partial charge >= 0.3 is 5.97 Å². The monoisotopic (exact) mass is 399 g/mol. The number of methoxy groups -OCH3 is 2. The van der Waals surface area contributed by atoms with Crippen LogP contribution in [-0.4, -0.2) is 42.0 Å². The summed E-state index contributed by atoms with van der Waals surface area (Å²) in [5.74, 6) is 0.350. The van der Waals surface area contributed by atoms with Crippen molar-refractivity contribution in [1.82, 2.24) is 10.2 Å². The van der Waals surface area contributed by atoms with E-state index >= 15 is 0 Å². The molecule has 1 N–H and O–H groups in total. The highest BCUT2D eigenvalue weighted by Crippen LogP contribution is 2.26. The molecule has 0 aliphatic carbocycles. The molecule has 0 atom stereocenters. The van der Waals surface area contributed by atoms with Gasteiger partial charge in [0.1, 0.15) is 5.75 Å². The van der Waals surface area contributed by atoms with Gasteiger partial charge in [-0.05, 0) is 36.4 Å². The number of ether oxygens (including phenoxy) is 2. The van der Waals surface area contributed by atoms with Crippen LogP contribution in [-0.2, 0) is 9.53 Å².